The lowest BCUT2D eigenvalue weighted by Gasteiger charge is -2.32. The SMILES string of the molecule is CCOC(=O)C1CCCN(c2ccc(/C=C3\C(=O)ON=C3C(F)(F)F)s2)C1. The minimum atomic E-state index is -4.77. The van der Waals surface area contributed by atoms with E-state index in [-0.39, 0.29) is 11.9 Å². The van der Waals surface area contributed by atoms with Crippen molar-refractivity contribution in [3.63, 3.8) is 0 Å². The molecular weight excluding hydrogens is 385 g/mol. The van der Waals surface area contributed by atoms with Gasteiger partial charge < -0.3 is 14.5 Å². The fourth-order valence-corrected chi connectivity index (χ4v) is 3.96. The van der Waals surface area contributed by atoms with Gasteiger partial charge in [0.1, 0.15) is 0 Å². The zero-order valence-electron chi connectivity index (χ0n) is 14.4. The molecule has 0 aromatic carbocycles. The quantitative estimate of drug-likeness (QED) is 0.439. The van der Waals surface area contributed by atoms with Crippen LogP contribution >= 0.6 is 11.3 Å². The fourth-order valence-electron chi connectivity index (χ4n) is 2.98. The Morgan fingerprint density at radius 3 is 2.96 bits per heavy atom. The van der Waals surface area contributed by atoms with Crippen LogP contribution in [0.15, 0.2) is 22.9 Å². The number of hydrogen-bond donors (Lipinski definition) is 0. The number of oxime groups is 1. The second-order valence-corrected chi connectivity index (χ2v) is 7.18. The third kappa shape index (κ3) is 4.32. The summed E-state index contributed by atoms with van der Waals surface area (Å²) in [6.45, 7) is 3.31. The Kier molecular flexibility index (Phi) is 5.54. The molecule has 0 N–H and O–H groups in total. The molecule has 146 valence electrons. The Labute approximate surface area is 157 Å². The van der Waals surface area contributed by atoms with E-state index in [2.05, 4.69) is 9.99 Å². The van der Waals surface area contributed by atoms with E-state index < -0.39 is 23.4 Å². The van der Waals surface area contributed by atoms with Gasteiger partial charge in [-0.25, -0.2) is 4.79 Å². The lowest BCUT2D eigenvalue weighted by atomic mass is 9.98. The van der Waals surface area contributed by atoms with Gasteiger partial charge in [-0.15, -0.1) is 11.3 Å². The van der Waals surface area contributed by atoms with Gasteiger partial charge in [-0.1, -0.05) is 5.16 Å². The lowest BCUT2D eigenvalue weighted by molar-refractivity contribution is -0.148. The molecule has 1 aromatic rings. The van der Waals surface area contributed by atoms with E-state index >= 15 is 0 Å². The molecule has 0 aliphatic carbocycles. The normalized spacial score (nSPS) is 22.0. The number of hydrogen-bond acceptors (Lipinski definition) is 7. The Balaban J connectivity index is 1.76. The van der Waals surface area contributed by atoms with E-state index in [0.29, 0.717) is 18.0 Å². The highest BCUT2D eigenvalue weighted by Gasteiger charge is 2.45. The average Bonchev–Trinajstić information content (AvgIpc) is 3.23. The number of anilines is 1. The number of ether oxygens (including phenoxy) is 1. The monoisotopic (exact) mass is 402 g/mol. The van der Waals surface area contributed by atoms with Crippen LogP contribution in [0, 0.1) is 5.92 Å². The third-order valence-corrected chi connectivity index (χ3v) is 5.31. The molecule has 1 unspecified atom stereocenters. The summed E-state index contributed by atoms with van der Waals surface area (Å²) in [5.41, 5.74) is -1.94. The molecule has 0 spiro atoms. The summed E-state index contributed by atoms with van der Waals surface area (Å²) >= 11 is 1.24. The predicted octanol–water partition coefficient (Wildman–Crippen LogP) is 3.39. The van der Waals surface area contributed by atoms with Crippen molar-refractivity contribution in [3.8, 4) is 0 Å². The van der Waals surface area contributed by atoms with Crippen LogP contribution in [0.25, 0.3) is 6.08 Å². The number of alkyl halides is 3. The van der Waals surface area contributed by atoms with Crippen LogP contribution in [0.1, 0.15) is 24.6 Å². The number of carbonyl (C=O) groups excluding carboxylic acids is 2. The van der Waals surface area contributed by atoms with Crippen LogP contribution in [-0.4, -0.2) is 43.5 Å². The molecule has 1 fully saturated rings. The van der Waals surface area contributed by atoms with E-state index in [4.69, 9.17) is 4.74 Å². The van der Waals surface area contributed by atoms with Gasteiger partial charge in [0.2, 0.25) is 0 Å². The van der Waals surface area contributed by atoms with Crippen LogP contribution in [-0.2, 0) is 19.2 Å². The van der Waals surface area contributed by atoms with Crippen molar-refractivity contribution in [1.29, 1.82) is 0 Å². The van der Waals surface area contributed by atoms with Gasteiger partial charge in [0.25, 0.3) is 0 Å². The van der Waals surface area contributed by atoms with Crippen molar-refractivity contribution in [2.45, 2.75) is 25.9 Å². The molecule has 2 aliphatic rings. The number of halogens is 3. The Morgan fingerprint density at radius 2 is 2.26 bits per heavy atom. The highest BCUT2D eigenvalue weighted by atomic mass is 32.1. The first-order chi connectivity index (χ1) is 12.8. The highest BCUT2D eigenvalue weighted by Crippen LogP contribution is 2.34. The van der Waals surface area contributed by atoms with Gasteiger partial charge in [0, 0.05) is 18.0 Å². The minimum Gasteiger partial charge on any atom is -0.466 e. The molecule has 3 rings (SSSR count). The molecule has 0 bridgehead atoms. The van der Waals surface area contributed by atoms with Crippen molar-refractivity contribution in [3.05, 3.63) is 22.6 Å². The van der Waals surface area contributed by atoms with Crippen molar-refractivity contribution in [2.24, 2.45) is 11.1 Å². The predicted molar refractivity (Wildman–Crippen MR) is 93.4 cm³/mol. The molecule has 0 radical (unpaired) electrons. The second-order valence-electron chi connectivity index (χ2n) is 6.09. The van der Waals surface area contributed by atoms with Crippen LogP contribution in [0.5, 0.6) is 0 Å². The summed E-state index contributed by atoms with van der Waals surface area (Å²) in [6.07, 6.45) is -2.08. The molecule has 10 heteroatoms. The molecule has 1 saturated heterocycles. The molecule has 1 aromatic heterocycles. The van der Waals surface area contributed by atoms with Gasteiger partial charge in [-0.3, -0.25) is 4.79 Å². The van der Waals surface area contributed by atoms with Gasteiger partial charge in [0.05, 0.1) is 23.1 Å². The maximum atomic E-state index is 12.9. The van der Waals surface area contributed by atoms with Gasteiger partial charge in [0.15, 0.2) is 5.71 Å². The summed E-state index contributed by atoms with van der Waals surface area (Å²) in [6, 6.07) is 3.38. The summed E-state index contributed by atoms with van der Waals surface area (Å²) < 4.78 is 43.8. The number of thiophene rings is 1. The third-order valence-electron chi connectivity index (χ3n) is 4.22. The largest absolute Gasteiger partial charge is 0.466 e. The van der Waals surface area contributed by atoms with E-state index in [0.717, 1.165) is 30.5 Å². The molecule has 27 heavy (non-hydrogen) atoms. The maximum Gasteiger partial charge on any atom is 0.437 e. The molecule has 0 amide bonds. The molecule has 0 saturated carbocycles. The summed E-state index contributed by atoms with van der Waals surface area (Å²) in [5, 5.41) is 3.64. The highest BCUT2D eigenvalue weighted by molar-refractivity contribution is 7.17. The topological polar surface area (TPSA) is 68.2 Å². The number of carbonyl (C=O) groups is 2. The first kappa shape index (κ1) is 19.4. The second kappa shape index (κ2) is 7.71. The van der Waals surface area contributed by atoms with E-state index in [9.17, 15) is 22.8 Å². The summed E-state index contributed by atoms with van der Waals surface area (Å²) in [7, 11) is 0. The molecule has 1 atom stereocenters. The van der Waals surface area contributed by atoms with E-state index in [1.54, 1.807) is 19.1 Å². The summed E-state index contributed by atoms with van der Waals surface area (Å²) in [5.74, 6) is -1.59. The van der Waals surface area contributed by atoms with Crippen LogP contribution in [0.4, 0.5) is 18.2 Å². The molecule has 2 aliphatic heterocycles. The fraction of sp³-hybridized carbons (Fsp3) is 0.471. The van der Waals surface area contributed by atoms with Crippen molar-refractivity contribution in [2.75, 3.05) is 24.6 Å². The number of rotatable bonds is 4. The van der Waals surface area contributed by atoms with Crippen LogP contribution < -0.4 is 4.90 Å². The Hall–Kier alpha value is -2.36. The van der Waals surface area contributed by atoms with E-state index in [1.807, 2.05) is 4.90 Å². The average molecular weight is 402 g/mol. The van der Waals surface area contributed by atoms with Crippen molar-refractivity contribution in [1.82, 2.24) is 0 Å². The molecular formula is C17H17F3N2O4S. The lowest BCUT2D eigenvalue weighted by Crippen LogP contribution is -2.39. The number of piperidine rings is 1. The Morgan fingerprint density at radius 1 is 1.48 bits per heavy atom. The first-order valence-electron chi connectivity index (χ1n) is 8.39. The molecule has 6 nitrogen and oxygen atoms in total. The van der Waals surface area contributed by atoms with Crippen LogP contribution in [0.3, 0.4) is 0 Å². The van der Waals surface area contributed by atoms with Gasteiger partial charge >= 0.3 is 18.1 Å². The molecule has 3 heterocycles. The van der Waals surface area contributed by atoms with Crippen molar-refractivity contribution < 1.29 is 32.3 Å². The van der Waals surface area contributed by atoms with Gasteiger partial charge in [-0.05, 0) is 38.0 Å². The standard InChI is InChI=1S/C17H17F3N2O4S/c1-2-25-15(23)10-4-3-7-22(9-10)13-6-5-11(27-13)8-12-14(17(18,19)20)21-26-16(12)24/h5-6,8,10H,2-4,7,9H2,1H3/b12-8-. The zero-order valence-corrected chi connectivity index (χ0v) is 15.2. The summed E-state index contributed by atoms with van der Waals surface area (Å²) in [4.78, 5) is 30.1. The minimum absolute atomic E-state index is 0.226. The number of nitrogens with zero attached hydrogens (tertiary/aromatic N) is 2. The number of esters is 1. The first-order valence-corrected chi connectivity index (χ1v) is 9.21. The smallest absolute Gasteiger partial charge is 0.437 e. The van der Waals surface area contributed by atoms with Crippen molar-refractivity contribution >= 4 is 40.1 Å². The van der Waals surface area contributed by atoms with Crippen LogP contribution in [0.2, 0.25) is 0 Å². The Bertz CT molecular complexity index is 800. The van der Waals surface area contributed by atoms with E-state index in [1.165, 1.54) is 11.3 Å². The zero-order chi connectivity index (χ0) is 19.6. The van der Waals surface area contributed by atoms with Gasteiger partial charge in [-0.2, -0.15) is 13.2 Å². The maximum absolute atomic E-state index is 12.9.